The van der Waals surface area contributed by atoms with Gasteiger partial charge in [-0.15, -0.1) is 0 Å². The smallest absolute Gasteiger partial charge is 0.312 e. The predicted molar refractivity (Wildman–Crippen MR) is 110 cm³/mol. The molecule has 0 spiro atoms. The van der Waals surface area contributed by atoms with E-state index in [1.807, 2.05) is 0 Å². The Morgan fingerprint density at radius 3 is 2.64 bits per heavy atom. The molecule has 0 saturated heterocycles. The average Bonchev–Trinajstić information content (AvgIpc) is 3.02. The first-order chi connectivity index (χ1) is 13.3. The highest BCUT2D eigenvalue weighted by atomic mass is 16.4. The Kier molecular flexibility index (Phi) is 5.12. The Morgan fingerprint density at radius 1 is 1.14 bits per heavy atom. The highest BCUT2D eigenvalue weighted by Gasteiger charge is 2.59. The summed E-state index contributed by atoms with van der Waals surface area (Å²) in [5.41, 5.74) is 2.61. The van der Waals surface area contributed by atoms with Gasteiger partial charge in [0, 0.05) is 6.04 Å². The van der Waals surface area contributed by atoms with E-state index in [-0.39, 0.29) is 11.9 Å². The summed E-state index contributed by atoms with van der Waals surface area (Å²) in [6, 6.07) is 0.139. The van der Waals surface area contributed by atoms with E-state index in [9.17, 15) is 9.59 Å². The lowest BCUT2D eigenvalue weighted by atomic mass is 9.44. The van der Waals surface area contributed by atoms with E-state index in [0.717, 1.165) is 37.0 Å². The van der Waals surface area contributed by atoms with Crippen molar-refractivity contribution in [2.45, 2.75) is 91.0 Å². The van der Waals surface area contributed by atoms with Crippen LogP contribution in [0.1, 0.15) is 85.0 Å². The quantitative estimate of drug-likeness (QED) is 0.533. The summed E-state index contributed by atoms with van der Waals surface area (Å²) in [5, 5.41) is 11.9. The normalized spacial score (nSPS) is 46.4. The molecule has 0 bridgehead atoms. The number of aliphatic carboxylic acids is 1. The van der Waals surface area contributed by atoms with Crippen LogP contribution in [0.25, 0.3) is 0 Å². The molecule has 0 aromatic heterocycles. The number of fused-ring (bicyclic) bond motifs is 5. The third-order valence-corrected chi connectivity index (χ3v) is 9.39. The van der Waals surface area contributed by atoms with Gasteiger partial charge >= 0.3 is 5.97 Å². The summed E-state index contributed by atoms with van der Waals surface area (Å²) >= 11 is 0. The highest BCUT2D eigenvalue weighted by molar-refractivity contribution is 5.93. The molecule has 0 heterocycles. The van der Waals surface area contributed by atoms with Crippen molar-refractivity contribution in [3.63, 3.8) is 0 Å². The summed E-state index contributed by atoms with van der Waals surface area (Å²) in [6.07, 6.45) is 13.3. The first-order valence-corrected chi connectivity index (χ1v) is 11.4. The molecule has 4 heteroatoms. The van der Waals surface area contributed by atoms with Crippen LogP contribution in [0.2, 0.25) is 0 Å². The topological polar surface area (TPSA) is 66.4 Å². The molecule has 0 radical (unpaired) electrons. The van der Waals surface area contributed by atoms with E-state index in [2.05, 4.69) is 32.2 Å². The number of nitrogens with one attached hydrogen (secondary N) is 1. The number of hydrogen-bond acceptors (Lipinski definition) is 2. The van der Waals surface area contributed by atoms with Gasteiger partial charge in [-0.1, -0.05) is 31.9 Å². The zero-order valence-electron chi connectivity index (χ0n) is 17.8. The second-order valence-corrected chi connectivity index (χ2v) is 10.7. The monoisotopic (exact) mass is 387 g/mol. The van der Waals surface area contributed by atoms with E-state index < -0.39 is 12.4 Å². The Morgan fingerprint density at radius 2 is 1.93 bits per heavy atom. The molecule has 4 nitrogen and oxygen atoms in total. The minimum atomic E-state index is -1.04. The fourth-order valence-corrected chi connectivity index (χ4v) is 7.89. The first kappa shape index (κ1) is 20.0. The van der Waals surface area contributed by atoms with Gasteiger partial charge in [0.1, 0.15) is 6.42 Å². The van der Waals surface area contributed by atoms with Crippen LogP contribution in [-0.4, -0.2) is 23.0 Å². The van der Waals surface area contributed by atoms with E-state index in [0.29, 0.717) is 16.7 Å². The molecular formula is C24H37NO3. The molecule has 7 atom stereocenters. The summed E-state index contributed by atoms with van der Waals surface area (Å²) in [7, 11) is 0. The molecule has 2 N–H and O–H groups in total. The summed E-state index contributed by atoms with van der Waals surface area (Å²) in [6.45, 7) is 7.32. The lowest BCUT2D eigenvalue weighted by Gasteiger charge is -2.61. The van der Waals surface area contributed by atoms with Crippen molar-refractivity contribution in [2.24, 2.45) is 34.5 Å². The number of hydrogen-bond donors (Lipinski definition) is 2. The number of carbonyl (C=O) groups excluding carboxylic acids is 1. The van der Waals surface area contributed by atoms with Gasteiger partial charge in [-0.3, -0.25) is 9.59 Å². The fraction of sp³-hybridized carbons (Fsp3) is 0.833. The maximum absolute atomic E-state index is 12.0. The Balaban J connectivity index is 1.53. The number of carboxylic acid groups (broad SMARTS) is 1. The average molecular weight is 388 g/mol. The molecule has 0 aromatic carbocycles. The highest BCUT2D eigenvalue weighted by Crippen LogP contribution is 2.67. The van der Waals surface area contributed by atoms with E-state index in [1.54, 1.807) is 5.57 Å². The number of amides is 1. The van der Waals surface area contributed by atoms with Crippen molar-refractivity contribution >= 4 is 11.9 Å². The van der Waals surface area contributed by atoms with Crippen LogP contribution >= 0.6 is 0 Å². The summed E-state index contributed by atoms with van der Waals surface area (Å²) in [4.78, 5) is 22.8. The second kappa shape index (κ2) is 7.18. The van der Waals surface area contributed by atoms with Gasteiger partial charge in [0.25, 0.3) is 0 Å². The minimum Gasteiger partial charge on any atom is -0.481 e. The number of carboxylic acids is 1. The second-order valence-electron chi connectivity index (χ2n) is 10.7. The van der Waals surface area contributed by atoms with Crippen molar-refractivity contribution in [2.75, 3.05) is 0 Å². The zero-order chi connectivity index (χ0) is 20.1. The van der Waals surface area contributed by atoms with Crippen molar-refractivity contribution in [3.8, 4) is 0 Å². The molecule has 4 rings (SSSR count). The van der Waals surface area contributed by atoms with Gasteiger partial charge in [0.2, 0.25) is 5.91 Å². The maximum Gasteiger partial charge on any atom is 0.312 e. The Labute approximate surface area is 169 Å². The zero-order valence-corrected chi connectivity index (χ0v) is 17.8. The summed E-state index contributed by atoms with van der Waals surface area (Å²) < 4.78 is 0. The molecule has 0 aromatic rings. The molecule has 1 amide bonds. The van der Waals surface area contributed by atoms with Crippen LogP contribution in [-0.2, 0) is 9.59 Å². The van der Waals surface area contributed by atoms with Crippen molar-refractivity contribution < 1.29 is 14.7 Å². The number of rotatable bonds is 3. The van der Waals surface area contributed by atoms with Gasteiger partial charge in [-0.05, 0) is 92.8 Å². The predicted octanol–water partition coefficient (Wildman–Crippen LogP) is 4.93. The minimum absolute atomic E-state index is 0.139. The van der Waals surface area contributed by atoms with Gasteiger partial charge in [-0.25, -0.2) is 0 Å². The van der Waals surface area contributed by atoms with Crippen LogP contribution in [0.15, 0.2) is 11.6 Å². The van der Waals surface area contributed by atoms with E-state index in [1.165, 1.54) is 38.5 Å². The largest absolute Gasteiger partial charge is 0.481 e. The van der Waals surface area contributed by atoms with Gasteiger partial charge in [0.15, 0.2) is 0 Å². The molecule has 28 heavy (non-hydrogen) atoms. The van der Waals surface area contributed by atoms with Crippen LogP contribution in [0, 0.1) is 34.5 Å². The van der Waals surface area contributed by atoms with Crippen LogP contribution < -0.4 is 5.32 Å². The molecule has 0 aliphatic heterocycles. The van der Waals surface area contributed by atoms with Gasteiger partial charge < -0.3 is 10.4 Å². The lowest BCUT2D eigenvalue weighted by Crippen LogP contribution is -2.55. The van der Waals surface area contributed by atoms with Crippen molar-refractivity contribution in [1.29, 1.82) is 0 Å². The fourth-order valence-electron chi connectivity index (χ4n) is 7.89. The van der Waals surface area contributed by atoms with Gasteiger partial charge in [0.05, 0.1) is 0 Å². The molecule has 0 unspecified atom stereocenters. The van der Waals surface area contributed by atoms with Crippen LogP contribution in [0.4, 0.5) is 0 Å². The third kappa shape index (κ3) is 3.21. The van der Waals surface area contributed by atoms with Crippen molar-refractivity contribution in [3.05, 3.63) is 11.6 Å². The summed E-state index contributed by atoms with van der Waals surface area (Å²) in [5.74, 6) is 1.64. The van der Waals surface area contributed by atoms with Crippen LogP contribution in [0.3, 0.4) is 0 Å². The first-order valence-electron chi connectivity index (χ1n) is 11.4. The molecule has 4 aliphatic carbocycles. The lowest BCUT2D eigenvalue weighted by molar-refractivity contribution is -0.141. The molecule has 4 aliphatic rings. The van der Waals surface area contributed by atoms with E-state index >= 15 is 0 Å². The molecule has 4 saturated carbocycles. The molecular weight excluding hydrogens is 350 g/mol. The van der Waals surface area contributed by atoms with Gasteiger partial charge in [-0.2, -0.15) is 0 Å². The molecule has 156 valence electrons. The third-order valence-electron chi connectivity index (χ3n) is 9.39. The number of carbonyl (C=O) groups is 2. The molecule has 4 fully saturated rings. The van der Waals surface area contributed by atoms with E-state index in [4.69, 9.17) is 5.11 Å². The number of allylic oxidation sites excluding steroid dienone is 2. The Bertz CT molecular complexity index is 685. The standard InChI is InChI=1S/C24H37NO3/c1-4-15-12-16-13-17(25-20(26)14-21(27)28)7-11-24(16,3)19-8-10-23(2)9-5-6-18(23)22(15)19/h4,16-19,22H,5-14H2,1-3H3,(H,25,26)(H,27,28)/b15-4-/t16-,17-,18+,19+,22-,23+,24+/m1/s1. The van der Waals surface area contributed by atoms with Crippen molar-refractivity contribution in [1.82, 2.24) is 5.32 Å². The SMILES string of the molecule is C/C=C1/C[C@@H]2C[C@H](NC(=O)CC(=O)O)CC[C@]2(C)[C@H]2CC[C@]3(C)CCC[C@H]3[C@@H]12. The Hall–Kier alpha value is -1.32. The van der Waals surface area contributed by atoms with Crippen LogP contribution in [0.5, 0.6) is 0 Å². The maximum atomic E-state index is 12.0.